The van der Waals surface area contributed by atoms with E-state index in [4.69, 9.17) is 5.73 Å². The second kappa shape index (κ2) is 6.42. The Labute approximate surface area is 117 Å². The quantitative estimate of drug-likeness (QED) is 0.836. The molecule has 0 saturated heterocycles. The minimum atomic E-state index is 0.123. The van der Waals surface area contributed by atoms with Gasteiger partial charge in [0, 0.05) is 17.8 Å². The fraction of sp³-hybridized carbons (Fsp3) is 0.647. The summed E-state index contributed by atoms with van der Waals surface area (Å²) in [6.45, 7) is 5.16. The van der Waals surface area contributed by atoms with Gasteiger partial charge in [-0.15, -0.1) is 0 Å². The van der Waals surface area contributed by atoms with E-state index in [0.29, 0.717) is 0 Å². The molecule has 1 aliphatic rings. The number of benzene rings is 1. The van der Waals surface area contributed by atoms with Crippen molar-refractivity contribution in [3.63, 3.8) is 0 Å². The van der Waals surface area contributed by atoms with E-state index in [1.54, 1.807) is 0 Å². The summed E-state index contributed by atoms with van der Waals surface area (Å²) in [4.78, 5) is 0. The van der Waals surface area contributed by atoms with Gasteiger partial charge in [-0.25, -0.2) is 0 Å². The lowest BCUT2D eigenvalue weighted by atomic mass is 9.75. The van der Waals surface area contributed by atoms with E-state index < -0.39 is 0 Å². The lowest BCUT2D eigenvalue weighted by molar-refractivity contribution is 0.247. The van der Waals surface area contributed by atoms with Crippen molar-refractivity contribution in [2.75, 3.05) is 11.9 Å². The van der Waals surface area contributed by atoms with Gasteiger partial charge >= 0.3 is 0 Å². The van der Waals surface area contributed by atoms with Crippen molar-refractivity contribution in [1.82, 2.24) is 0 Å². The summed E-state index contributed by atoms with van der Waals surface area (Å²) in [5.41, 5.74) is 8.73. The predicted molar refractivity (Wildman–Crippen MR) is 83.5 cm³/mol. The smallest absolute Gasteiger partial charge is 0.0495 e. The lowest BCUT2D eigenvalue weighted by Crippen LogP contribution is -2.48. The molecule has 0 aliphatic heterocycles. The Hall–Kier alpha value is -1.02. The first kappa shape index (κ1) is 14.4. The number of nitrogens with one attached hydrogen (secondary N) is 1. The first-order chi connectivity index (χ1) is 9.17. The molecule has 0 spiro atoms. The van der Waals surface area contributed by atoms with Crippen molar-refractivity contribution >= 4 is 5.69 Å². The molecule has 0 amide bonds. The van der Waals surface area contributed by atoms with E-state index in [9.17, 15) is 0 Å². The van der Waals surface area contributed by atoms with Gasteiger partial charge in [-0.1, -0.05) is 31.9 Å². The van der Waals surface area contributed by atoms with E-state index in [0.717, 1.165) is 12.5 Å². The van der Waals surface area contributed by atoms with Crippen LogP contribution < -0.4 is 11.1 Å². The fourth-order valence-corrected chi connectivity index (χ4v) is 3.34. The highest BCUT2D eigenvalue weighted by Crippen LogP contribution is 2.36. The Bertz CT molecular complexity index is 392. The average Bonchev–Trinajstić information content (AvgIpc) is 2.42. The Morgan fingerprint density at radius 1 is 1.32 bits per heavy atom. The van der Waals surface area contributed by atoms with Crippen LogP contribution in [-0.2, 0) is 0 Å². The number of aryl methyl sites for hydroxylation is 1. The standard InChI is InChI=1S/C17H28N2/c1-3-5-15-8-10-17(13-18,11-9-15)19-16-7-4-6-14(2)12-16/h4,6-7,12,15,19H,3,5,8-11,13,18H2,1-2H3. The molecule has 0 atom stereocenters. The summed E-state index contributed by atoms with van der Waals surface area (Å²) < 4.78 is 0. The Balaban J connectivity index is 2.00. The number of anilines is 1. The number of rotatable bonds is 5. The molecule has 0 aromatic heterocycles. The number of hydrogen-bond acceptors (Lipinski definition) is 2. The van der Waals surface area contributed by atoms with Gasteiger partial charge in [-0.3, -0.25) is 0 Å². The maximum Gasteiger partial charge on any atom is 0.0495 e. The van der Waals surface area contributed by atoms with E-state index in [-0.39, 0.29) is 5.54 Å². The SMILES string of the molecule is CCCC1CCC(CN)(Nc2cccc(C)c2)CC1. The molecular formula is C17H28N2. The zero-order chi connectivity index (χ0) is 13.7. The fourth-order valence-electron chi connectivity index (χ4n) is 3.34. The molecule has 0 unspecified atom stereocenters. The zero-order valence-electron chi connectivity index (χ0n) is 12.4. The minimum absolute atomic E-state index is 0.123. The van der Waals surface area contributed by atoms with Gasteiger partial charge < -0.3 is 11.1 Å². The third kappa shape index (κ3) is 3.73. The molecule has 106 valence electrons. The molecular weight excluding hydrogens is 232 g/mol. The summed E-state index contributed by atoms with van der Waals surface area (Å²) in [5, 5.41) is 3.72. The molecule has 2 rings (SSSR count). The second-order valence-electron chi connectivity index (χ2n) is 6.21. The van der Waals surface area contributed by atoms with Crippen LogP contribution in [0.15, 0.2) is 24.3 Å². The molecule has 0 heterocycles. The van der Waals surface area contributed by atoms with Crippen molar-refractivity contribution in [1.29, 1.82) is 0 Å². The van der Waals surface area contributed by atoms with E-state index in [1.165, 1.54) is 49.8 Å². The topological polar surface area (TPSA) is 38.0 Å². The van der Waals surface area contributed by atoms with E-state index in [2.05, 4.69) is 43.4 Å². The second-order valence-corrected chi connectivity index (χ2v) is 6.21. The summed E-state index contributed by atoms with van der Waals surface area (Å²) in [6.07, 6.45) is 7.76. The third-order valence-corrected chi connectivity index (χ3v) is 4.58. The third-order valence-electron chi connectivity index (χ3n) is 4.58. The van der Waals surface area contributed by atoms with Gasteiger partial charge in [-0.2, -0.15) is 0 Å². The maximum atomic E-state index is 6.08. The highest BCUT2D eigenvalue weighted by Gasteiger charge is 2.33. The van der Waals surface area contributed by atoms with Gasteiger partial charge in [0.05, 0.1) is 0 Å². The van der Waals surface area contributed by atoms with Crippen LogP contribution in [0.3, 0.4) is 0 Å². The van der Waals surface area contributed by atoms with Gasteiger partial charge in [-0.05, 0) is 56.2 Å². The van der Waals surface area contributed by atoms with Crippen LogP contribution in [0.5, 0.6) is 0 Å². The van der Waals surface area contributed by atoms with Crippen molar-refractivity contribution in [3.8, 4) is 0 Å². The maximum absolute atomic E-state index is 6.08. The highest BCUT2D eigenvalue weighted by molar-refractivity contribution is 5.48. The van der Waals surface area contributed by atoms with Crippen LogP contribution in [0.2, 0.25) is 0 Å². The first-order valence-electron chi connectivity index (χ1n) is 7.72. The van der Waals surface area contributed by atoms with Gasteiger partial charge in [0.1, 0.15) is 0 Å². The zero-order valence-corrected chi connectivity index (χ0v) is 12.4. The summed E-state index contributed by atoms with van der Waals surface area (Å²) in [6, 6.07) is 8.63. The van der Waals surface area contributed by atoms with E-state index in [1.807, 2.05) is 0 Å². The average molecular weight is 260 g/mol. The van der Waals surface area contributed by atoms with Gasteiger partial charge in [0.15, 0.2) is 0 Å². The Kier molecular flexibility index (Phi) is 4.87. The molecule has 3 N–H and O–H groups in total. The van der Waals surface area contributed by atoms with Crippen molar-refractivity contribution < 1.29 is 0 Å². The highest BCUT2D eigenvalue weighted by atomic mass is 15.0. The van der Waals surface area contributed by atoms with Gasteiger partial charge in [0.2, 0.25) is 0 Å². The summed E-state index contributed by atoms with van der Waals surface area (Å²) in [7, 11) is 0. The van der Waals surface area contributed by atoms with Crippen molar-refractivity contribution in [2.45, 2.75) is 57.9 Å². The molecule has 0 bridgehead atoms. The molecule has 1 aliphatic carbocycles. The molecule has 1 aromatic carbocycles. The van der Waals surface area contributed by atoms with Crippen LogP contribution in [0.25, 0.3) is 0 Å². The van der Waals surface area contributed by atoms with Crippen LogP contribution in [-0.4, -0.2) is 12.1 Å². The van der Waals surface area contributed by atoms with Crippen molar-refractivity contribution in [3.05, 3.63) is 29.8 Å². The minimum Gasteiger partial charge on any atom is -0.378 e. The van der Waals surface area contributed by atoms with Crippen LogP contribution in [0, 0.1) is 12.8 Å². The summed E-state index contributed by atoms with van der Waals surface area (Å²) >= 11 is 0. The van der Waals surface area contributed by atoms with Crippen LogP contribution in [0.1, 0.15) is 51.0 Å². The van der Waals surface area contributed by atoms with Crippen molar-refractivity contribution in [2.24, 2.45) is 11.7 Å². The van der Waals surface area contributed by atoms with Gasteiger partial charge in [0.25, 0.3) is 0 Å². The lowest BCUT2D eigenvalue weighted by Gasteiger charge is -2.41. The molecule has 1 fully saturated rings. The molecule has 1 saturated carbocycles. The normalized spacial score (nSPS) is 27.2. The monoisotopic (exact) mass is 260 g/mol. The molecule has 19 heavy (non-hydrogen) atoms. The van der Waals surface area contributed by atoms with E-state index >= 15 is 0 Å². The molecule has 2 heteroatoms. The largest absolute Gasteiger partial charge is 0.378 e. The number of nitrogens with two attached hydrogens (primary N) is 1. The molecule has 2 nitrogen and oxygen atoms in total. The number of hydrogen-bond donors (Lipinski definition) is 2. The van der Waals surface area contributed by atoms with Crippen LogP contribution >= 0.6 is 0 Å². The van der Waals surface area contributed by atoms with Crippen LogP contribution in [0.4, 0.5) is 5.69 Å². The first-order valence-corrected chi connectivity index (χ1v) is 7.72. The summed E-state index contributed by atoms with van der Waals surface area (Å²) in [5.74, 6) is 0.920. The Morgan fingerprint density at radius 3 is 2.63 bits per heavy atom. The molecule has 1 aromatic rings. The predicted octanol–water partition coefficient (Wildman–Crippen LogP) is 4.09. The molecule has 0 radical (unpaired) electrons. The Morgan fingerprint density at radius 2 is 2.05 bits per heavy atom.